The second-order valence-corrected chi connectivity index (χ2v) is 5.43. The van der Waals surface area contributed by atoms with Crippen molar-refractivity contribution in [1.82, 2.24) is 21.1 Å². The normalized spacial score (nSPS) is 10.2. The maximum absolute atomic E-state index is 11.6. The van der Waals surface area contributed by atoms with Gasteiger partial charge in [0.05, 0.1) is 0 Å². The first-order chi connectivity index (χ1) is 10.5. The molecule has 7 heteroatoms. The third-order valence-electron chi connectivity index (χ3n) is 2.86. The van der Waals surface area contributed by atoms with Crippen LogP contribution in [0.25, 0.3) is 0 Å². The molecule has 1 rings (SSSR count). The standard InChI is InChI=1S/C15H24N4O2S/c1-4-12-5-7-13(8-6-12)21-11-14(20)17-18-15(22)16-9-10-19(2)3/h5-8H,4,9-11H2,1-3H3,(H,17,20)(H2,16,18,22). The van der Waals surface area contributed by atoms with Crippen LogP contribution >= 0.6 is 12.2 Å². The summed E-state index contributed by atoms with van der Waals surface area (Å²) in [5, 5.41) is 3.36. The fourth-order valence-corrected chi connectivity index (χ4v) is 1.72. The number of carbonyl (C=O) groups excluding carboxylic acids is 1. The van der Waals surface area contributed by atoms with Crippen molar-refractivity contribution in [2.24, 2.45) is 0 Å². The van der Waals surface area contributed by atoms with Crippen molar-refractivity contribution in [3.63, 3.8) is 0 Å². The lowest BCUT2D eigenvalue weighted by Crippen LogP contribution is -2.49. The molecule has 6 nitrogen and oxygen atoms in total. The highest BCUT2D eigenvalue weighted by Crippen LogP contribution is 2.12. The van der Waals surface area contributed by atoms with Gasteiger partial charge in [0.15, 0.2) is 11.7 Å². The molecule has 0 bridgehead atoms. The molecule has 0 radical (unpaired) electrons. The van der Waals surface area contributed by atoms with E-state index in [0.717, 1.165) is 13.0 Å². The number of hydrogen-bond acceptors (Lipinski definition) is 4. The molecule has 0 unspecified atom stereocenters. The topological polar surface area (TPSA) is 65.6 Å². The molecule has 0 saturated heterocycles. The van der Waals surface area contributed by atoms with Gasteiger partial charge in [-0.25, -0.2) is 0 Å². The van der Waals surface area contributed by atoms with E-state index >= 15 is 0 Å². The number of hydrazine groups is 1. The minimum absolute atomic E-state index is 0.0707. The van der Waals surface area contributed by atoms with Crippen LogP contribution in [0, 0.1) is 0 Å². The molecule has 0 aliphatic rings. The number of benzene rings is 1. The zero-order valence-electron chi connectivity index (χ0n) is 13.3. The number of nitrogens with one attached hydrogen (secondary N) is 3. The van der Waals surface area contributed by atoms with Crippen LogP contribution in [0.4, 0.5) is 0 Å². The average Bonchev–Trinajstić information content (AvgIpc) is 2.51. The fraction of sp³-hybridized carbons (Fsp3) is 0.467. The van der Waals surface area contributed by atoms with E-state index in [-0.39, 0.29) is 12.5 Å². The molecule has 0 atom stereocenters. The summed E-state index contributed by atoms with van der Waals surface area (Å²) in [4.78, 5) is 13.7. The van der Waals surface area contributed by atoms with E-state index in [1.165, 1.54) is 5.56 Å². The first kappa shape index (κ1) is 18.2. The molecule has 3 N–H and O–H groups in total. The van der Waals surface area contributed by atoms with Gasteiger partial charge < -0.3 is 15.0 Å². The van der Waals surface area contributed by atoms with E-state index in [9.17, 15) is 4.79 Å². The van der Waals surface area contributed by atoms with E-state index in [1.54, 1.807) is 0 Å². The quantitative estimate of drug-likeness (QED) is 0.506. The Morgan fingerprint density at radius 1 is 1.23 bits per heavy atom. The molecule has 0 aliphatic heterocycles. The van der Waals surface area contributed by atoms with Gasteiger partial charge in [0.2, 0.25) is 0 Å². The molecule has 1 aromatic rings. The molecule has 122 valence electrons. The van der Waals surface area contributed by atoms with Crippen molar-refractivity contribution in [3.8, 4) is 5.75 Å². The highest BCUT2D eigenvalue weighted by molar-refractivity contribution is 7.80. The molecular weight excluding hydrogens is 300 g/mol. The Morgan fingerprint density at radius 3 is 2.50 bits per heavy atom. The van der Waals surface area contributed by atoms with Crippen molar-refractivity contribution >= 4 is 23.2 Å². The number of likely N-dealkylation sites (N-methyl/N-ethyl adjacent to an activating group) is 1. The minimum Gasteiger partial charge on any atom is -0.484 e. The molecular formula is C15H24N4O2S. The maximum Gasteiger partial charge on any atom is 0.276 e. The van der Waals surface area contributed by atoms with Gasteiger partial charge >= 0.3 is 0 Å². The van der Waals surface area contributed by atoms with Crippen molar-refractivity contribution in [3.05, 3.63) is 29.8 Å². The first-order valence-electron chi connectivity index (χ1n) is 7.20. The van der Waals surface area contributed by atoms with Gasteiger partial charge in [-0.1, -0.05) is 19.1 Å². The van der Waals surface area contributed by atoms with Gasteiger partial charge in [-0.05, 0) is 50.4 Å². The van der Waals surface area contributed by atoms with Crippen molar-refractivity contribution in [2.75, 3.05) is 33.8 Å². The summed E-state index contributed by atoms with van der Waals surface area (Å²) in [5.74, 6) is 0.371. The fourth-order valence-electron chi connectivity index (χ4n) is 1.57. The maximum atomic E-state index is 11.6. The largest absolute Gasteiger partial charge is 0.484 e. The van der Waals surface area contributed by atoms with Crippen molar-refractivity contribution < 1.29 is 9.53 Å². The van der Waals surface area contributed by atoms with Gasteiger partial charge in [0, 0.05) is 13.1 Å². The van der Waals surface area contributed by atoms with E-state index in [2.05, 4.69) is 23.1 Å². The number of hydrogen-bond donors (Lipinski definition) is 3. The molecule has 0 aromatic heterocycles. The lowest BCUT2D eigenvalue weighted by Gasteiger charge is -2.14. The lowest BCUT2D eigenvalue weighted by atomic mass is 10.2. The van der Waals surface area contributed by atoms with Crippen LogP contribution in [0.5, 0.6) is 5.75 Å². The Labute approximate surface area is 137 Å². The number of amides is 1. The number of carbonyl (C=O) groups is 1. The van der Waals surface area contributed by atoms with Crippen molar-refractivity contribution in [1.29, 1.82) is 0 Å². The Morgan fingerprint density at radius 2 is 1.91 bits per heavy atom. The van der Waals surface area contributed by atoms with Gasteiger partial charge in [-0.2, -0.15) is 0 Å². The van der Waals surface area contributed by atoms with Crippen LogP contribution in [0.3, 0.4) is 0 Å². The number of ether oxygens (including phenoxy) is 1. The Kier molecular flexibility index (Phi) is 8.24. The van der Waals surface area contributed by atoms with Gasteiger partial charge in [0.1, 0.15) is 5.75 Å². The van der Waals surface area contributed by atoms with Crippen LogP contribution < -0.4 is 20.9 Å². The summed E-state index contributed by atoms with van der Waals surface area (Å²) in [7, 11) is 3.95. The van der Waals surface area contributed by atoms with Gasteiger partial charge in [-0.15, -0.1) is 0 Å². The van der Waals surface area contributed by atoms with Crippen LogP contribution in [0.15, 0.2) is 24.3 Å². The molecule has 0 fully saturated rings. The summed E-state index contributed by atoms with van der Waals surface area (Å²) in [6.45, 7) is 3.57. The van der Waals surface area contributed by atoms with Crippen molar-refractivity contribution in [2.45, 2.75) is 13.3 Å². The second kappa shape index (κ2) is 9.97. The minimum atomic E-state index is -0.295. The summed E-state index contributed by atoms with van der Waals surface area (Å²) in [6, 6.07) is 7.67. The molecule has 1 aromatic carbocycles. The van der Waals surface area contributed by atoms with E-state index in [4.69, 9.17) is 17.0 Å². The third kappa shape index (κ3) is 7.80. The average molecular weight is 324 g/mol. The first-order valence-corrected chi connectivity index (χ1v) is 7.61. The number of thiocarbonyl (C=S) groups is 1. The highest BCUT2D eigenvalue weighted by atomic mass is 32.1. The molecule has 0 heterocycles. The number of rotatable bonds is 7. The third-order valence-corrected chi connectivity index (χ3v) is 3.11. The van der Waals surface area contributed by atoms with E-state index in [0.29, 0.717) is 17.4 Å². The predicted octanol–water partition coefficient (Wildman–Crippen LogP) is 0.685. The van der Waals surface area contributed by atoms with Crippen LogP contribution in [0.1, 0.15) is 12.5 Å². The smallest absolute Gasteiger partial charge is 0.276 e. The van der Waals surface area contributed by atoms with Crippen LogP contribution in [0.2, 0.25) is 0 Å². The van der Waals surface area contributed by atoms with Crippen LogP contribution in [-0.4, -0.2) is 49.7 Å². The summed E-state index contributed by atoms with van der Waals surface area (Å²) in [5.41, 5.74) is 6.34. The number of aryl methyl sites for hydroxylation is 1. The zero-order chi connectivity index (χ0) is 16.4. The van der Waals surface area contributed by atoms with E-state index < -0.39 is 0 Å². The molecule has 1 amide bonds. The summed E-state index contributed by atoms with van der Waals surface area (Å²) in [6.07, 6.45) is 0.975. The molecule has 22 heavy (non-hydrogen) atoms. The second-order valence-electron chi connectivity index (χ2n) is 5.02. The van der Waals surface area contributed by atoms with Gasteiger partial charge in [-0.3, -0.25) is 15.6 Å². The molecule has 0 saturated carbocycles. The van der Waals surface area contributed by atoms with E-state index in [1.807, 2.05) is 43.3 Å². The number of nitrogens with zero attached hydrogens (tertiary/aromatic N) is 1. The predicted molar refractivity (Wildman–Crippen MR) is 91.7 cm³/mol. The Balaban J connectivity index is 2.18. The zero-order valence-corrected chi connectivity index (χ0v) is 14.1. The monoisotopic (exact) mass is 324 g/mol. The summed E-state index contributed by atoms with van der Waals surface area (Å²) < 4.78 is 5.39. The Hall–Kier alpha value is -1.86. The highest BCUT2D eigenvalue weighted by Gasteiger charge is 2.03. The van der Waals surface area contributed by atoms with Crippen LogP contribution in [-0.2, 0) is 11.2 Å². The SMILES string of the molecule is CCc1ccc(OCC(=O)NNC(=S)NCCN(C)C)cc1. The molecule has 0 spiro atoms. The van der Waals surface area contributed by atoms with Gasteiger partial charge in [0.25, 0.3) is 5.91 Å². The summed E-state index contributed by atoms with van der Waals surface area (Å²) >= 11 is 5.03. The lowest BCUT2D eigenvalue weighted by molar-refractivity contribution is -0.123. The Bertz CT molecular complexity index is 477. The molecule has 0 aliphatic carbocycles.